The van der Waals surface area contributed by atoms with Gasteiger partial charge in [0, 0.05) is 11.8 Å². The van der Waals surface area contributed by atoms with Gasteiger partial charge in [-0.05, 0) is 53.6 Å². The van der Waals surface area contributed by atoms with Gasteiger partial charge in [0.25, 0.3) is 0 Å². The molecule has 0 aliphatic rings. The molecule has 0 unspecified atom stereocenters. The maximum Gasteiger partial charge on any atom is 0.305 e. The molecular formula is C39H58O3. The maximum atomic E-state index is 11.6. The Morgan fingerprint density at radius 3 is 1.60 bits per heavy atom. The van der Waals surface area contributed by atoms with Crippen LogP contribution in [0.1, 0.15) is 142 Å². The molecule has 0 bridgehead atoms. The summed E-state index contributed by atoms with van der Waals surface area (Å²) in [6, 6.07) is 19.5. The highest BCUT2D eigenvalue weighted by Crippen LogP contribution is 2.30. The van der Waals surface area contributed by atoms with Gasteiger partial charge >= 0.3 is 5.97 Å². The fraction of sp³-hybridized carbons (Fsp3) is 0.615. The molecule has 0 aliphatic carbocycles. The molecule has 0 atom stereocenters. The molecule has 3 rings (SSSR count). The van der Waals surface area contributed by atoms with E-state index in [1.165, 1.54) is 124 Å². The Balaban J connectivity index is 1.05. The summed E-state index contributed by atoms with van der Waals surface area (Å²) in [4.78, 5) is 11.6. The smallest absolute Gasteiger partial charge is 0.305 e. The van der Waals surface area contributed by atoms with E-state index in [4.69, 9.17) is 9.47 Å². The van der Waals surface area contributed by atoms with Crippen LogP contribution in [0.4, 0.5) is 0 Å². The highest BCUT2D eigenvalue weighted by atomic mass is 16.5. The molecular weight excluding hydrogens is 516 g/mol. The second kappa shape index (κ2) is 22.1. The molecule has 0 spiro atoms. The molecule has 0 aliphatic heterocycles. The summed E-state index contributed by atoms with van der Waals surface area (Å²) in [5.74, 6) is 1.01. The molecule has 3 aromatic rings. The van der Waals surface area contributed by atoms with E-state index in [0.29, 0.717) is 13.0 Å². The largest absolute Gasteiger partial charge is 0.493 e. The lowest BCUT2D eigenvalue weighted by molar-refractivity contribution is -0.143. The molecule has 3 aromatic carbocycles. The Kier molecular flexibility index (Phi) is 17.8. The van der Waals surface area contributed by atoms with Gasteiger partial charge in [-0.2, -0.15) is 0 Å². The fourth-order valence-corrected chi connectivity index (χ4v) is 5.85. The summed E-state index contributed by atoms with van der Waals surface area (Å²) in [5.41, 5.74) is 0. The zero-order chi connectivity index (χ0) is 29.5. The van der Waals surface area contributed by atoms with Gasteiger partial charge in [0.1, 0.15) is 5.75 Å². The first-order chi connectivity index (χ1) is 20.8. The Morgan fingerprint density at radius 1 is 0.524 bits per heavy atom. The van der Waals surface area contributed by atoms with Crippen molar-refractivity contribution in [2.75, 3.05) is 13.2 Å². The zero-order valence-corrected chi connectivity index (χ0v) is 26.7. The number of carbonyl (C=O) groups is 1. The molecule has 0 amide bonds. The minimum Gasteiger partial charge on any atom is -0.493 e. The third-order valence-corrected chi connectivity index (χ3v) is 8.50. The predicted octanol–water partition coefficient (Wildman–Crippen LogP) is 12.1. The molecule has 0 fully saturated rings. The van der Waals surface area contributed by atoms with Crippen LogP contribution in [0.3, 0.4) is 0 Å². The quantitative estimate of drug-likeness (QED) is 0.0573. The van der Waals surface area contributed by atoms with E-state index in [1.54, 1.807) is 0 Å². The van der Waals surface area contributed by atoms with Gasteiger partial charge in [-0.25, -0.2) is 0 Å². The summed E-state index contributed by atoms with van der Waals surface area (Å²) in [5, 5.41) is 5.03. The molecule has 232 valence electrons. The lowest BCUT2D eigenvalue weighted by Crippen LogP contribution is -2.05. The average Bonchev–Trinajstić information content (AvgIpc) is 3.01. The van der Waals surface area contributed by atoms with Gasteiger partial charge in [0.2, 0.25) is 0 Å². The fourth-order valence-electron chi connectivity index (χ4n) is 5.85. The van der Waals surface area contributed by atoms with Crippen LogP contribution in [0.5, 0.6) is 5.75 Å². The number of fused-ring (bicyclic) bond motifs is 2. The highest BCUT2D eigenvalue weighted by molar-refractivity contribution is 6.00. The number of carbonyl (C=O) groups excluding carboxylic acids is 1. The SMILES string of the molecule is CCCCOC(=O)CCCCCCCCCCCCCCCCCCCCOc1cccc2cc3ccccc3cc12. The molecule has 3 heteroatoms. The number of esters is 1. The number of hydrogen-bond acceptors (Lipinski definition) is 3. The molecule has 0 N–H and O–H groups in total. The minimum absolute atomic E-state index is 0.00704. The molecule has 3 nitrogen and oxygen atoms in total. The summed E-state index contributed by atoms with van der Waals surface area (Å²) < 4.78 is 11.4. The second-order valence-electron chi connectivity index (χ2n) is 12.2. The summed E-state index contributed by atoms with van der Waals surface area (Å²) in [6.45, 7) is 3.52. The summed E-state index contributed by atoms with van der Waals surface area (Å²) >= 11 is 0. The monoisotopic (exact) mass is 574 g/mol. The predicted molar refractivity (Wildman–Crippen MR) is 181 cm³/mol. The van der Waals surface area contributed by atoms with Crippen LogP contribution in [0, 0.1) is 0 Å². The van der Waals surface area contributed by atoms with E-state index in [0.717, 1.165) is 38.0 Å². The van der Waals surface area contributed by atoms with Gasteiger partial charge in [-0.1, -0.05) is 152 Å². The molecule has 42 heavy (non-hydrogen) atoms. The van der Waals surface area contributed by atoms with Crippen molar-refractivity contribution in [3.63, 3.8) is 0 Å². The van der Waals surface area contributed by atoms with Crippen LogP contribution < -0.4 is 4.74 Å². The van der Waals surface area contributed by atoms with Crippen LogP contribution in [-0.2, 0) is 9.53 Å². The van der Waals surface area contributed by atoms with Crippen molar-refractivity contribution in [3.8, 4) is 5.75 Å². The lowest BCUT2D eigenvalue weighted by Gasteiger charge is -2.10. The van der Waals surface area contributed by atoms with E-state index in [-0.39, 0.29) is 5.97 Å². The number of rotatable bonds is 25. The van der Waals surface area contributed by atoms with Crippen molar-refractivity contribution in [2.24, 2.45) is 0 Å². The van der Waals surface area contributed by atoms with Crippen molar-refractivity contribution in [2.45, 2.75) is 142 Å². The maximum absolute atomic E-state index is 11.6. The topological polar surface area (TPSA) is 35.5 Å². The van der Waals surface area contributed by atoms with E-state index in [2.05, 4.69) is 61.5 Å². The normalized spacial score (nSPS) is 11.4. The van der Waals surface area contributed by atoms with E-state index < -0.39 is 0 Å². The van der Waals surface area contributed by atoms with Crippen molar-refractivity contribution < 1.29 is 14.3 Å². The molecule has 0 aromatic heterocycles. The zero-order valence-electron chi connectivity index (χ0n) is 26.7. The molecule has 0 radical (unpaired) electrons. The van der Waals surface area contributed by atoms with Gasteiger partial charge in [0.15, 0.2) is 0 Å². The summed E-state index contributed by atoms with van der Waals surface area (Å²) in [7, 11) is 0. The first-order valence-electron chi connectivity index (χ1n) is 17.5. The number of ether oxygens (including phenoxy) is 2. The number of benzene rings is 3. The highest BCUT2D eigenvalue weighted by Gasteiger charge is 2.05. The Labute approximate surface area is 256 Å². The van der Waals surface area contributed by atoms with Crippen LogP contribution in [0.25, 0.3) is 21.5 Å². The van der Waals surface area contributed by atoms with Gasteiger partial charge in [-0.15, -0.1) is 0 Å². The van der Waals surface area contributed by atoms with Crippen molar-refractivity contribution in [1.29, 1.82) is 0 Å². The standard InChI is InChI=1S/C39H58O3/c1-2-3-30-42-39(40)29-20-18-16-14-12-10-8-6-4-5-7-9-11-13-15-17-19-23-31-41-38-28-24-27-36-32-34-25-21-22-26-35(34)33-37(36)38/h21-22,24-28,32-33H,2-20,23,29-31H2,1H3. The third-order valence-electron chi connectivity index (χ3n) is 8.50. The average molecular weight is 575 g/mol. The lowest BCUT2D eigenvalue weighted by atomic mass is 10.0. The summed E-state index contributed by atoms with van der Waals surface area (Å²) in [6.07, 6.45) is 26.5. The van der Waals surface area contributed by atoms with E-state index in [1.807, 2.05) is 0 Å². The Hall–Kier alpha value is -2.55. The van der Waals surface area contributed by atoms with E-state index >= 15 is 0 Å². The van der Waals surface area contributed by atoms with E-state index in [9.17, 15) is 4.79 Å². The molecule has 0 saturated heterocycles. The van der Waals surface area contributed by atoms with Crippen molar-refractivity contribution in [3.05, 3.63) is 54.6 Å². The molecule has 0 saturated carbocycles. The third kappa shape index (κ3) is 14.1. The van der Waals surface area contributed by atoms with Crippen molar-refractivity contribution >= 4 is 27.5 Å². The van der Waals surface area contributed by atoms with Crippen LogP contribution >= 0.6 is 0 Å². The van der Waals surface area contributed by atoms with Gasteiger partial charge < -0.3 is 9.47 Å². The Morgan fingerprint density at radius 2 is 1.02 bits per heavy atom. The van der Waals surface area contributed by atoms with Gasteiger partial charge in [0.05, 0.1) is 13.2 Å². The second-order valence-corrected chi connectivity index (χ2v) is 12.2. The Bertz CT molecular complexity index is 1120. The van der Waals surface area contributed by atoms with Gasteiger partial charge in [-0.3, -0.25) is 4.79 Å². The van der Waals surface area contributed by atoms with Crippen LogP contribution in [0.2, 0.25) is 0 Å². The van der Waals surface area contributed by atoms with Crippen LogP contribution in [-0.4, -0.2) is 19.2 Å². The molecule has 0 heterocycles. The minimum atomic E-state index is -0.00704. The first kappa shape index (κ1) is 33.9. The van der Waals surface area contributed by atoms with Crippen LogP contribution in [0.15, 0.2) is 54.6 Å². The number of hydrogen-bond donors (Lipinski definition) is 0. The number of unbranched alkanes of at least 4 members (excludes halogenated alkanes) is 18. The van der Waals surface area contributed by atoms with Crippen molar-refractivity contribution in [1.82, 2.24) is 0 Å². The first-order valence-corrected chi connectivity index (χ1v) is 17.5.